The highest BCUT2D eigenvalue weighted by atomic mass is 16.5. The van der Waals surface area contributed by atoms with Crippen molar-refractivity contribution < 1.29 is 14.2 Å². The molecule has 1 aromatic rings. The average Bonchev–Trinajstić information content (AvgIpc) is 2.57. The Morgan fingerprint density at radius 3 is 2.59 bits per heavy atom. The van der Waals surface area contributed by atoms with Crippen molar-refractivity contribution in [3.63, 3.8) is 0 Å². The summed E-state index contributed by atoms with van der Waals surface area (Å²) in [4.78, 5) is 13.2. The molecular weight excluding hydrogens is 284 g/mol. The Labute approximate surface area is 131 Å². The van der Waals surface area contributed by atoms with Crippen molar-refractivity contribution in [2.75, 3.05) is 59.0 Å². The Kier molecular flexibility index (Phi) is 4.35. The molecule has 2 fully saturated rings. The van der Waals surface area contributed by atoms with Crippen LogP contribution in [-0.2, 0) is 4.74 Å². The molecule has 0 bridgehead atoms. The molecule has 7 heteroatoms. The maximum atomic E-state index is 6.15. The number of anilines is 1. The lowest BCUT2D eigenvalue weighted by Crippen LogP contribution is -2.56. The zero-order valence-corrected chi connectivity index (χ0v) is 13.5. The number of nitrogens with zero attached hydrogens (tertiary/aromatic N) is 4. The molecule has 3 rings (SSSR count). The minimum absolute atomic E-state index is 0.0593. The van der Waals surface area contributed by atoms with E-state index in [0.717, 1.165) is 51.4 Å². The number of ether oxygens (including phenoxy) is 3. The van der Waals surface area contributed by atoms with Gasteiger partial charge in [-0.3, -0.25) is 0 Å². The van der Waals surface area contributed by atoms with Crippen LogP contribution >= 0.6 is 0 Å². The van der Waals surface area contributed by atoms with Crippen molar-refractivity contribution in [2.24, 2.45) is 0 Å². The summed E-state index contributed by atoms with van der Waals surface area (Å²) in [6, 6.07) is 2.19. The zero-order valence-electron chi connectivity index (χ0n) is 13.5. The van der Waals surface area contributed by atoms with Gasteiger partial charge in [0.05, 0.1) is 26.4 Å². The van der Waals surface area contributed by atoms with Crippen molar-refractivity contribution in [1.82, 2.24) is 14.9 Å². The molecule has 0 unspecified atom stereocenters. The van der Waals surface area contributed by atoms with Crippen molar-refractivity contribution in [3.05, 3.63) is 6.07 Å². The van der Waals surface area contributed by atoms with Gasteiger partial charge in [0.1, 0.15) is 5.82 Å². The van der Waals surface area contributed by atoms with Crippen LogP contribution in [-0.4, -0.2) is 74.5 Å². The lowest BCUT2D eigenvalue weighted by Gasteiger charge is -2.47. The van der Waals surface area contributed by atoms with E-state index in [1.807, 2.05) is 6.07 Å². The molecule has 0 aliphatic carbocycles. The lowest BCUT2D eigenvalue weighted by atomic mass is 9.89. The molecule has 7 nitrogen and oxygen atoms in total. The number of piperidine rings is 1. The van der Waals surface area contributed by atoms with Crippen molar-refractivity contribution in [3.8, 4) is 11.9 Å². The number of methoxy groups -OCH3 is 2. The Bertz CT molecular complexity index is 495. The normalized spacial score (nSPS) is 21.9. The van der Waals surface area contributed by atoms with Crippen molar-refractivity contribution >= 4 is 5.82 Å². The first-order valence-corrected chi connectivity index (χ1v) is 7.69. The van der Waals surface area contributed by atoms with Gasteiger partial charge in [0.2, 0.25) is 5.88 Å². The smallest absolute Gasteiger partial charge is 0.321 e. The highest BCUT2D eigenvalue weighted by molar-refractivity contribution is 5.44. The summed E-state index contributed by atoms with van der Waals surface area (Å²) >= 11 is 0. The molecule has 0 saturated carbocycles. The van der Waals surface area contributed by atoms with Crippen molar-refractivity contribution in [2.45, 2.75) is 18.4 Å². The number of aromatic nitrogens is 2. The standard InChI is InChI=1S/C15H24N4O3/c1-18-6-4-15(5-7-18)11-19(8-9-22-15)12-10-13(20-2)17-14(16-12)21-3/h10H,4-9,11H2,1-3H3. The summed E-state index contributed by atoms with van der Waals surface area (Å²) in [6.45, 7) is 4.54. The molecule has 3 heterocycles. The van der Waals surface area contributed by atoms with Crippen LogP contribution in [0.25, 0.3) is 0 Å². The van der Waals surface area contributed by atoms with Crippen LogP contribution in [0.5, 0.6) is 11.9 Å². The topological polar surface area (TPSA) is 60.0 Å². The molecule has 0 amide bonds. The SMILES string of the molecule is COc1cc(N2CCOC3(CCN(C)CC3)C2)nc(OC)n1. The average molecular weight is 308 g/mol. The summed E-state index contributed by atoms with van der Waals surface area (Å²) in [5.74, 6) is 1.36. The van der Waals surface area contributed by atoms with Gasteiger partial charge in [-0.2, -0.15) is 9.97 Å². The molecular formula is C15H24N4O3. The summed E-state index contributed by atoms with van der Waals surface area (Å²) in [5.41, 5.74) is -0.0593. The number of hydrogen-bond acceptors (Lipinski definition) is 7. The zero-order chi connectivity index (χ0) is 15.6. The minimum Gasteiger partial charge on any atom is -0.481 e. The Hall–Kier alpha value is -1.60. The molecule has 0 N–H and O–H groups in total. The summed E-state index contributed by atoms with van der Waals surface area (Å²) in [6.07, 6.45) is 2.11. The molecule has 22 heavy (non-hydrogen) atoms. The van der Waals surface area contributed by atoms with Gasteiger partial charge in [-0.05, 0) is 19.9 Å². The highest BCUT2D eigenvalue weighted by Gasteiger charge is 2.39. The van der Waals surface area contributed by atoms with E-state index in [-0.39, 0.29) is 5.60 Å². The van der Waals surface area contributed by atoms with Gasteiger partial charge in [-0.15, -0.1) is 0 Å². The molecule has 122 valence electrons. The fraction of sp³-hybridized carbons (Fsp3) is 0.733. The second kappa shape index (κ2) is 6.26. The molecule has 2 aliphatic rings. The van der Waals surface area contributed by atoms with Crippen LogP contribution in [0.1, 0.15) is 12.8 Å². The van der Waals surface area contributed by atoms with E-state index in [1.165, 1.54) is 0 Å². The fourth-order valence-electron chi connectivity index (χ4n) is 3.12. The number of morpholine rings is 1. The quantitative estimate of drug-likeness (QED) is 0.818. The predicted octanol–water partition coefficient (Wildman–Crippen LogP) is 0.795. The third-order valence-electron chi connectivity index (χ3n) is 4.53. The van der Waals surface area contributed by atoms with E-state index in [0.29, 0.717) is 11.9 Å². The third kappa shape index (κ3) is 3.10. The lowest BCUT2D eigenvalue weighted by molar-refractivity contribution is -0.0885. The minimum atomic E-state index is -0.0593. The van der Waals surface area contributed by atoms with E-state index in [1.54, 1.807) is 14.2 Å². The summed E-state index contributed by atoms with van der Waals surface area (Å²) in [5, 5.41) is 0. The monoisotopic (exact) mass is 308 g/mol. The van der Waals surface area contributed by atoms with Crippen molar-refractivity contribution in [1.29, 1.82) is 0 Å². The Morgan fingerprint density at radius 1 is 1.14 bits per heavy atom. The predicted molar refractivity (Wildman–Crippen MR) is 82.8 cm³/mol. The van der Waals surface area contributed by atoms with Gasteiger partial charge in [0.25, 0.3) is 0 Å². The van der Waals surface area contributed by atoms with Gasteiger partial charge < -0.3 is 24.0 Å². The van der Waals surface area contributed by atoms with Gasteiger partial charge in [-0.1, -0.05) is 0 Å². The van der Waals surface area contributed by atoms with E-state index in [9.17, 15) is 0 Å². The first-order valence-electron chi connectivity index (χ1n) is 7.69. The number of hydrogen-bond donors (Lipinski definition) is 0. The first kappa shape index (κ1) is 15.3. The van der Waals surface area contributed by atoms with Gasteiger partial charge >= 0.3 is 6.01 Å². The van der Waals surface area contributed by atoms with Crippen LogP contribution in [0.15, 0.2) is 6.07 Å². The molecule has 0 atom stereocenters. The third-order valence-corrected chi connectivity index (χ3v) is 4.53. The van der Waals surface area contributed by atoms with Crippen LogP contribution in [0.4, 0.5) is 5.82 Å². The van der Waals surface area contributed by atoms with Crippen LogP contribution in [0.2, 0.25) is 0 Å². The molecule has 0 radical (unpaired) electrons. The highest BCUT2D eigenvalue weighted by Crippen LogP contribution is 2.32. The number of rotatable bonds is 3. The van der Waals surface area contributed by atoms with Gasteiger partial charge in [0.15, 0.2) is 0 Å². The second-order valence-corrected chi connectivity index (χ2v) is 6.01. The summed E-state index contributed by atoms with van der Waals surface area (Å²) < 4.78 is 16.6. The molecule has 1 spiro atoms. The van der Waals surface area contributed by atoms with Crippen LogP contribution < -0.4 is 14.4 Å². The first-order chi connectivity index (χ1) is 10.6. The van der Waals surface area contributed by atoms with Gasteiger partial charge in [0, 0.05) is 32.2 Å². The number of likely N-dealkylation sites (tertiary alicyclic amines) is 1. The fourth-order valence-corrected chi connectivity index (χ4v) is 3.12. The van der Waals surface area contributed by atoms with E-state index in [4.69, 9.17) is 14.2 Å². The summed E-state index contributed by atoms with van der Waals surface area (Å²) in [7, 11) is 5.33. The van der Waals surface area contributed by atoms with E-state index >= 15 is 0 Å². The maximum Gasteiger partial charge on any atom is 0.321 e. The molecule has 2 saturated heterocycles. The Morgan fingerprint density at radius 2 is 1.91 bits per heavy atom. The largest absolute Gasteiger partial charge is 0.481 e. The maximum absolute atomic E-state index is 6.15. The van der Waals surface area contributed by atoms with E-state index < -0.39 is 0 Å². The van der Waals surface area contributed by atoms with E-state index in [2.05, 4.69) is 26.8 Å². The second-order valence-electron chi connectivity index (χ2n) is 6.01. The van der Waals surface area contributed by atoms with Crippen LogP contribution in [0, 0.1) is 0 Å². The van der Waals surface area contributed by atoms with Gasteiger partial charge in [-0.25, -0.2) is 0 Å². The molecule has 1 aromatic heterocycles. The Balaban J connectivity index is 1.79. The molecule has 0 aromatic carbocycles. The van der Waals surface area contributed by atoms with Crippen LogP contribution in [0.3, 0.4) is 0 Å². The molecule has 2 aliphatic heterocycles.